The minimum absolute atomic E-state index is 0.781. The minimum Gasteiger partial charge on any atom is -0.385 e. The van der Waals surface area contributed by atoms with Gasteiger partial charge in [0.05, 0.1) is 0 Å². The number of rotatable bonds is 5. The van der Waals surface area contributed by atoms with E-state index in [4.69, 9.17) is 16.3 Å². The van der Waals surface area contributed by atoms with Gasteiger partial charge in [-0.3, -0.25) is 0 Å². The maximum atomic E-state index is 5.44. The molecular formula is C6H13ClO. The van der Waals surface area contributed by atoms with E-state index in [0.29, 0.717) is 0 Å². The molecule has 1 nitrogen and oxygen atoms in total. The zero-order valence-corrected chi connectivity index (χ0v) is 6.08. The predicted octanol–water partition coefficient (Wildman–Crippen LogP) is 2.04. The molecule has 50 valence electrons. The molecule has 0 amide bonds. The second kappa shape index (κ2) is 7.25. The van der Waals surface area contributed by atoms with Crippen molar-refractivity contribution in [2.75, 3.05) is 19.6 Å². The summed E-state index contributed by atoms with van der Waals surface area (Å²) in [5, 5.41) is 0. The molecule has 0 rings (SSSR count). The van der Waals surface area contributed by atoms with Crippen LogP contribution in [-0.2, 0) is 4.74 Å². The zero-order valence-electron chi connectivity index (χ0n) is 5.32. The van der Waals surface area contributed by atoms with Gasteiger partial charge in [-0.05, 0) is 19.3 Å². The smallest absolute Gasteiger partial charge is 0.0462 e. The summed E-state index contributed by atoms with van der Waals surface area (Å²) in [5.74, 6) is 0.781. The Kier molecular flexibility index (Phi) is 7.48. The highest BCUT2D eigenvalue weighted by atomic mass is 35.5. The first kappa shape index (κ1) is 8.25. The summed E-state index contributed by atoms with van der Waals surface area (Å²) >= 11 is 5.44. The van der Waals surface area contributed by atoms with E-state index in [1.807, 2.05) is 0 Å². The van der Waals surface area contributed by atoms with Crippen molar-refractivity contribution in [1.29, 1.82) is 0 Å². The highest BCUT2D eigenvalue weighted by Gasteiger charge is 1.84. The van der Waals surface area contributed by atoms with Crippen LogP contribution >= 0.6 is 11.6 Å². The second-order valence-electron chi connectivity index (χ2n) is 1.74. The van der Waals surface area contributed by atoms with Gasteiger partial charge in [0.15, 0.2) is 0 Å². The van der Waals surface area contributed by atoms with E-state index in [9.17, 15) is 0 Å². The Balaban J connectivity index is 2.53. The normalized spacial score (nSPS) is 9.75. The number of hydrogen-bond acceptors (Lipinski definition) is 1. The summed E-state index contributed by atoms with van der Waals surface area (Å²) in [7, 11) is 1.72. The second-order valence-corrected chi connectivity index (χ2v) is 2.12. The number of halogens is 1. The van der Waals surface area contributed by atoms with Crippen molar-refractivity contribution in [2.45, 2.75) is 19.3 Å². The van der Waals surface area contributed by atoms with Crippen LogP contribution in [-0.4, -0.2) is 19.6 Å². The van der Waals surface area contributed by atoms with E-state index in [2.05, 4.69) is 0 Å². The Morgan fingerprint density at radius 2 is 2.00 bits per heavy atom. The van der Waals surface area contributed by atoms with Gasteiger partial charge < -0.3 is 4.74 Å². The largest absolute Gasteiger partial charge is 0.385 e. The van der Waals surface area contributed by atoms with Crippen LogP contribution < -0.4 is 0 Å². The van der Waals surface area contributed by atoms with Crippen molar-refractivity contribution < 1.29 is 4.74 Å². The molecule has 8 heavy (non-hydrogen) atoms. The summed E-state index contributed by atoms with van der Waals surface area (Å²) in [4.78, 5) is 0. The van der Waals surface area contributed by atoms with Crippen LogP contribution in [0.4, 0.5) is 0 Å². The van der Waals surface area contributed by atoms with Gasteiger partial charge in [0.25, 0.3) is 0 Å². The third kappa shape index (κ3) is 6.25. The van der Waals surface area contributed by atoms with Crippen LogP contribution in [0.25, 0.3) is 0 Å². The van der Waals surface area contributed by atoms with Crippen molar-refractivity contribution in [2.24, 2.45) is 0 Å². The van der Waals surface area contributed by atoms with Gasteiger partial charge in [-0.25, -0.2) is 0 Å². The molecule has 0 unspecified atom stereocenters. The van der Waals surface area contributed by atoms with E-state index >= 15 is 0 Å². The standard InChI is InChI=1S/C6H13ClO/c1-8-6-4-2-3-5-7/h2-6H2,1H3. The lowest BCUT2D eigenvalue weighted by Crippen LogP contribution is -1.87. The SMILES string of the molecule is COCCCCCCl. The van der Waals surface area contributed by atoms with Gasteiger partial charge in [-0.2, -0.15) is 0 Å². The number of ether oxygens (including phenoxy) is 1. The van der Waals surface area contributed by atoms with Crippen LogP contribution in [0.2, 0.25) is 0 Å². The Labute approximate surface area is 56.0 Å². The molecule has 0 heterocycles. The molecule has 0 saturated carbocycles. The molecule has 2 heteroatoms. The molecule has 0 aliphatic rings. The lowest BCUT2D eigenvalue weighted by Gasteiger charge is -1.94. The highest BCUT2D eigenvalue weighted by Crippen LogP contribution is 1.95. The summed E-state index contributed by atoms with van der Waals surface area (Å²) in [5.41, 5.74) is 0. The zero-order chi connectivity index (χ0) is 6.24. The molecule has 0 spiro atoms. The number of hydrogen-bond donors (Lipinski definition) is 0. The van der Waals surface area contributed by atoms with Gasteiger partial charge in [-0.15, -0.1) is 11.6 Å². The van der Waals surface area contributed by atoms with Crippen LogP contribution in [0.1, 0.15) is 19.3 Å². The number of unbranched alkanes of at least 4 members (excludes halogenated alkanes) is 2. The average molecular weight is 137 g/mol. The van der Waals surface area contributed by atoms with Gasteiger partial charge in [0.1, 0.15) is 0 Å². The average Bonchev–Trinajstić information content (AvgIpc) is 1.81. The minimum atomic E-state index is 0.781. The van der Waals surface area contributed by atoms with Crippen molar-refractivity contribution in [1.82, 2.24) is 0 Å². The first-order valence-corrected chi connectivity index (χ1v) is 3.50. The maximum Gasteiger partial charge on any atom is 0.0462 e. The summed E-state index contributed by atoms with van der Waals surface area (Å²) in [6.45, 7) is 0.872. The van der Waals surface area contributed by atoms with Crippen LogP contribution in [0, 0.1) is 0 Å². The molecule has 0 atom stereocenters. The van der Waals surface area contributed by atoms with Crippen LogP contribution in [0.5, 0.6) is 0 Å². The maximum absolute atomic E-state index is 5.44. The molecule has 0 aliphatic heterocycles. The van der Waals surface area contributed by atoms with Crippen molar-refractivity contribution in [3.63, 3.8) is 0 Å². The monoisotopic (exact) mass is 136 g/mol. The van der Waals surface area contributed by atoms with Gasteiger partial charge >= 0.3 is 0 Å². The Morgan fingerprint density at radius 1 is 1.25 bits per heavy atom. The third-order valence-corrected chi connectivity index (χ3v) is 1.25. The topological polar surface area (TPSA) is 9.23 Å². The molecule has 0 radical (unpaired) electrons. The van der Waals surface area contributed by atoms with Crippen molar-refractivity contribution >= 4 is 11.6 Å². The van der Waals surface area contributed by atoms with Crippen LogP contribution in [0.3, 0.4) is 0 Å². The molecule has 0 saturated heterocycles. The van der Waals surface area contributed by atoms with E-state index in [0.717, 1.165) is 25.3 Å². The number of methoxy groups -OCH3 is 1. The summed E-state index contributed by atoms with van der Waals surface area (Å²) in [6.07, 6.45) is 3.45. The van der Waals surface area contributed by atoms with E-state index in [1.165, 1.54) is 6.42 Å². The molecule has 0 aliphatic carbocycles. The third-order valence-electron chi connectivity index (χ3n) is 0.982. The lowest BCUT2D eigenvalue weighted by molar-refractivity contribution is 0.192. The summed E-state index contributed by atoms with van der Waals surface area (Å²) in [6, 6.07) is 0. The van der Waals surface area contributed by atoms with E-state index in [1.54, 1.807) is 7.11 Å². The van der Waals surface area contributed by atoms with E-state index in [-0.39, 0.29) is 0 Å². The molecule has 0 fully saturated rings. The van der Waals surface area contributed by atoms with Gasteiger partial charge in [-0.1, -0.05) is 0 Å². The van der Waals surface area contributed by atoms with Crippen molar-refractivity contribution in [3.05, 3.63) is 0 Å². The molecule has 0 aromatic carbocycles. The fourth-order valence-electron chi connectivity index (χ4n) is 0.518. The molecule has 0 bridgehead atoms. The van der Waals surface area contributed by atoms with Crippen LogP contribution in [0.15, 0.2) is 0 Å². The Hall–Kier alpha value is 0.250. The van der Waals surface area contributed by atoms with Gasteiger partial charge in [0, 0.05) is 19.6 Å². The number of alkyl halides is 1. The molecule has 0 N–H and O–H groups in total. The van der Waals surface area contributed by atoms with E-state index < -0.39 is 0 Å². The fraction of sp³-hybridized carbons (Fsp3) is 1.00. The fourth-order valence-corrected chi connectivity index (χ4v) is 0.707. The first-order valence-electron chi connectivity index (χ1n) is 2.96. The highest BCUT2D eigenvalue weighted by molar-refractivity contribution is 6.17. The quantitative estimate of drug-likeness (QED) is 0.415. The first-order chi connectivity index (χ1) is 3.91. The summed E-state index contributed by atoms with van der Waals surface area (Å²) < 4.78 is 4.85. The molecular weight excluding hydrogens is 124 g/mol. The Morgan fingerprint density at radius 3 is 2.50 bits per heavy atom. The predicted molar refractivity (Wildman–Crippen MR) is 36.4 cm³/mol. The Bertz CT molecular complexity index is 33.5. The van der Waals surface area contributed by atoms with Gasteiger partial charge in [0.2, 0.25) is 0 Å². The lowest BCUT2D eigenvalue weighted by atomic mass is 10.3. The molecule has 0 aromatic heterocycles. The van der Waals surface area contributed by atoms with Crippen molar-refractivity contribution in [3.8, 4) is 0 Å². The molecule has 0 aromatic rings.